The molecule has 1 aliphatic rings. The van der Waals surface area contributed by atoms with Crippen molar-refractivity contribution in [2.45, 2.75) is 6.92 Å². The van der Waals surface area contributed by atoms with E-state index in [9.17, 15) is 14.4 Å². The van der Waals surface area contributed by atoms with Crippen LogP contribution in [0.2, 0.25) is 0 Å². The molecule has 0 atom stereocenters. The summed E-state index contributed by atoms with van der Waals surface area (Å²) in [5, 5.41) is 0. The molecule has 0 spiro atoms. The van der Waals surface area contributed by atoms with Crippen molar-refractivity contribution in [2.75, 3.05) is 6.61 Å². The van der Waals surface area contributed by atoms with Crippen LogP contribution in [0.25, 0.3) is 5.76 Å². The molecular formula is C15H12O5. The Hall–Kier alpha value is -2.69. The van der Waals surface area contributed by atoms with Gasteiger partial charge in [-0.2, -0.15) is 0 Å². The van der Waals surface area contributed by atoms with Crippen LogP contribution in [0.3, 0.4) is 0 Å². The van der Waals surface area contributed by atoms with Gasteiger partial charge in [-0.15, -0.1) is 0 Å². The molecule has 0 radical (unpaired) electrons. The zero-order chi connectivity index (χ0) is 14.7. The van der Waals surface area contributed by atoms with Gasteiger partial charge in [0.25, 0.3) is 0 Å². The monoisotopic (exact) mass is 272 g/mol. The number of carbonyl (C=O) groups is 3. The van der Waals surface area contributed by atoms with Gasteiger partial charge in [0.1, 0.15) is 12.2 Å². The van der Waals surface area contributed by atoms with Crippen molar-refractivity contribution in [1.29, 1.82) is 0 Å². The number of ether oxygens (including phenoxy) is 2. The second-order valence-corrected chi connectivity index (χ2v) is 4.08. The lowest BCUT2D eigenvalue weighted by Gasteiger charge is -2.07. The number of rotatable bonds is 4. The molecule has 1 heterocycles. The Morgan fingerprint density at radius 3 is 2.55 bits per heavy atom. The van der Waals surface area contributed by atoms with Crippen LogP contribution in [0, 0.1) is 0 Å². The van der Waals surface area contributed by atoms with Gasteiger partial charge < -0.3 is 9.47 Å². The minimum Gasteiger partial charge on any atom is -0.458 e. The number of fused-ring (bicyclic) bond motifs is 1. The van der Waals surface area contributed by atoms with Gasteiger partial charge in [-0.05, 0) is 13.0 Å². The van der Waals surface area contributed by atoms with Gasteiger partial charge in [-0.25, -0.2) is 9.59 Å². The molecule has 5 nitrogen and oxygen atoms in total. The summed E-state index contributed by atoms with van der Waals surface area (Å²) in [6.07, 6.45) is 1.38. The maximum Gasteiger partial charge on any atom is 0.345 e. The van der Waals surface area contributed by atoms with E-state index >= 15 is 0 Å². The topological polar surface area (TPSA) is 69.7 Å². The Morgan fingerprint density at radius 2 is 1.95 bits per heavy atom. The average Bonchev–Trinajstić information content (AvgIpc) is 2.74. The summed E-state index contributed by atoms with van der Waals surface area (Å²) in [6.45, 7) is 4.60. The van der Waals surface area contributed by atoms with E-state index in [1.807, 2.05) is 0 Å². The molecule has 0 fully saturated rings. The predicted octanol–water partition coefficient (Wildman–Crippen LogP) is 1.89. The largest absolute Gasteiger partial charge is 0.458 e. The lowest BCUT2D eigenvalue weighted by Crippen LogP contribution is -2.16. The molecule has 102 valence electrons. The highest BCUT2D eigenvalue weighted by atomic mass is 16.6. The molecule has 1 aromatic carbocycles. The third kappa shape index (κ3) is 2.38. The van der Waals surface area contributed by atoms with Gasteiger partial charge in [0, 0.05) is 5.56 Å². The van der Waals surface area contributed by atoms with Crippen molar-refractivity contribution in [2.24, 2.45) is 0 Å². The standard InChI is InChI=1S/C15H12O5/c1-3-8-19-15(18)12(9(2)16)13-10-6-4-5-7-11(10)14(17)20-13/h3-7H,1,8H2,2H3/b13-12+. The van der Waals surface area contributed by atoms with E-state index in [1.165, 1.54) is 13.0 Å². The first kappa shape index (κ1) is 13.7. The third-order valence-corrected chi connectivity index (χ3v) is 2.70. The number of benzene rings is 1. The lowest BCUT2D eigenvalue weighted by atomic mass is 10.0. The number of carbonyl (C=O) groups excluding carboxylic acids is 3. The van der Waals surface area contributed by atoms with Crippen LogP contribution in [0.4, 0.5) is 0 Å². The van der Waals surface area contributed by atoms with E-state index in [1.54, 1.807) is 24.3 Å². The van der Waals surface area contributed by atoms with E-state index < -0.39 is 17.7 Å². The van der Waals surface area contributed by atoms with Crippen molar-refractivity contribution in [1.82, 2.24) is 0 Å². The fourth-order valence-electron chi connectivity index (χ4n) is 1.85. The first-order valence-corrected chi connectivity index (χ1v) is 5.91. The summed E-state index contributed by atoms with van der Waals surface area (Å²) in [5.74, 6) is -2.01. The van der Waals surface area contributed by atoms with Crippen molar-refractivity contribution in [3.63, 3.8) is 0 Å². The van der Waals surface area contributed by atoms with Crippen molar-refractivity contribution in [3.8, 4) is 0 Å². The quantitative estimate of drug-likeness (QED) is 0.275. The molecule has 0 unspecified atom stereocenters. The molecule has 0 saturated heterocycles. The molecule has 0 N–H and O–H groups in total. The number of hydrogen-bond donors (Lipinski definition) is 0. The molecule has 0 aliphatic carbocycles. The van der Waals surface area contributed by atoms with E-state index in [4.69, 9.17) is 9.47 Å². The van der Waals surface area contributed by atoms with Gasteiger partial charge in [0.2, 0.25) is 0 Å². The SMILES string of the molecule is C=CCOC(=O)/C(C(C)=O)=C1/OC(=O)c2ccccc21. The van der Waals surface area contributed by atoms with Gasteiger partial charge in [-0.1, -0.05) is 30.9 Å². The van der Waals surface area contributed by atoms with Crippen molar-refractivity contribution in [3.05, 3.63) is 53.6 Å². The van der Waals surface area contributed by atoms with Gasteiger partial charge >= 0.3 is 11.9 Å². The fourth-order valence-corrected chi connectivity index (χ4v) is 1.85. The highest BCUT2D eigenvalue weighted by Crippen LogP contribution is 2.32. The smallest absolute Gasteiger partial charge is 0.345 e. The van der Waals surface area contributed by atoms with E-state index in [2.05, 4.69) is 6.58 Å². The lowest BCUT2D eigenvalue weighted by molar-refractivity contribution is -0.139. The van der Waals surface area contributed by atoms with Crippen molar-refractivity contribution < 1.29 is 23.9 Å². The molecule has 2 rings (SSSR count). The fraction of sp³-hybridized carbons (Fsp3) is 0.133. The Labute approximate surface area is 115 Å². The summed E-state index contributed by atoms with van der Waals surface area (Å²) in [5.41, 5.74) is 0.459. The predicted molar refractivity (Wildman–Crippen MR) is 70.6 cm³/mol. The molecule has 20 heavy (non-hydrogen) atoms. The minimum absolute atomic E-state index is 0.0293. The number of esters is 2. The highest BCUT2D eigenvalue weighted by molar-refractivity contribution is 6.23. The second-order valence-electron chi connectivity index (χ2n) is 4.08. The molecule has 5 heteroatoms. The summed E-state index contributed by atoms with van der Waals surface area (Å²) in [6, 6.07) is 6.54. The zero-order valence-electron chi connectivity index (χ0n) is 10.8. The molecular weight excluding hydrogens is 260 g/mol. The van der Waals surface area contributed by atoms with Gasteiger partial charge in [0.05, 0.1) is 5.56 Å². The number of ketones is 1. The molecule has 1 aliphatic heterocycles. The van der Waals surface area contributed by atoms with Crippen LogP contribution in [-0.4, -0.2) is 24.3 Å². The summed E-state index contributed by atoms with van der Waals surface area (Å²) >= 11 is 0. The Kier molecular flexibility index (Phi) is 3.79. The second kappa shape index (κ2) is 5.52. The van der Waals surface area contributed by atoms with Crippen LogP contribution in [0.1, 0.15) is 22.8 Å². The molecule has 1 aromatic rings. The first-order chi connectivity index (χ1) is 9.56. The molecule has 0 amide bonds. The maximum absolute atomic E-state index is 11.9. The number of cyclic esters (lactones) is 1. The van der Waals surface area contributed by atoms with Gasteiger partial charge in [-0.3, -0.25) is 4.79 Å². The maximum atomic E-state index is 11.9. The third-order valence-electron chi connectivity index (χ3n) is 2.70. The van der Waals surface area contributed by atoms with Crippen LogP contribution >= 0.6 is 0 Å². The minimum atomic E-state index is -0.836. The first-order valence-electron chi connectivity index (χ1n) is 5.91. The van der Waals surface area contributed by atoms with Gasteiger partial charge in [0.15, 0.2) is 11.5 Å². The normalized spacial score (nSPS) is 15.2. The van der Waals surface area contributed by atoms with E-state index in [0.717, 1.165) is 0 Å². The van der Waals surface area contributed by atoms with Crippen LogP contribution < -0.4 is 0 Å². The zero-order valence-corrected chi connectivity index (χ0v) is 10.8. The Balaban J connectivity index is 2.53. The van der Waals surface area contributed by atoms with Crippen molar-refractivity contribution >= 4 is 23.5 Å². The number of hydrogen-bond acceptors (Lipinski definition) is 5. The summed E-state index contributed by atoms with van der Waals surface area (Å²) < 4.78 is 9.90. The summed E-state index contributed by atoms with van der Waals surface area (Å²) in [4.78, 5) is 35.3. The van der Waals surface area contributed by atoms with E-state index in [-0.39, 0.29) is 17.9 Å². The van der Waals surface area contributed by atoms with Crippen LogP contribution in [0.15, 0.2) is 42.5 Å². The molecule has 0 aromatic heterocycles. The van der Waals surface area contributed by atoms with Crippen LogP contribution in [-0.2, 0) is 19.1 Å². The van der Waals surface area contributed by atoms with Crippen LogP contribution in [0.5, 0.6) is 0 Å². The number of Topliss-reactive ketones (excluding diaryl/α,β-unsaturated/α-hetero) is 1. The molecule has 0 saturated carbocycles. The highest BCUT2D eigenvalue weighted by Gasteiger charge is 2.33. The Morgan fingerprint density at radius 1 is 1.30 bits per heavy atom. The van der Waals surface area contributed by atoms with E-state index in [0.29, 0.717) is 11.1 Å². The average molecular weight is 272 g/mol. The Bertz CT molecular complexity index is 639. The summed E-state index contributed by atoms with van der Waals surface area (Å²) in [7, 11) is 0. The molecule has 0 bridgehead atoms.